The van der Waals surface area contributed by atoms with Gasteiger partial charge in [0.25, 0.3) is 11.5 Å². The van der Waals surface area contributed by atoms with Gasteiger partial charge in [0.05, 0.1) is 25.7 Å². The zero-order chi connectivity index (χ0) is 20.4. The van der Waals surface area contributed by atoms with E-state index in [9.17, 15) is 34.8 Å². The van der Waals surface area contributed by atoms with E-state index in [4.69, 9.17) is 14.6 Å². The molecule has 12 nitrogen and oxygen atoms in total. The Labute approximate surface area is 152 Å². The number of H-pyrrole nitrogens is 1. The number of ether oxygens (including phenoxy) is 2. The highest BCUT2D eigenvalue weighted by Crippen LogP contribution is 2.36. The minimum Gasteiger partial charge on any atom is -0.394 e. The van der Waals surface area contributed by atoms with Gasteiger partial charge in [-0.15, -0.1) is 0 Å². The molecule has 2 heterocycles. The first-order chi connectivity index (χ1) is 12.7. The van der Waals surface area contributed by atoms with Gasteiger partial charge in [-0.1, -0.05) is 0 Å². The Kier molecular flexibility index (Phi) is 6.64. The molecule has 1 aliphatic rings. The van der Waals surface area contributed by atoms with Crippen LogP contribution < -0.4 is 11.2 Å². The van der Waals surface area contributed by atoms with Crippen LogP contribution in [0.4, 0.5) is 0 Å². The fourth-order valence-electron chi connectivity index (χ4n) is 2.74. The molecule has 0 saturated carbocycles. The number of nitrogens with zero attached hydrogens (tertiary/aromatic N) is 1. The summed E-state index contributed by atoms with van der Waals surface area (Å²) in [6.07, 6.45) is -7.10. The summed E-state index contributed by atoms with van der Waals surface area (Å²) in [4.78, 5) is 37.3. The molecule has 0 unspecified atom stereocenters. The highest BCUT2D eigenvalue weighted by molar-refractivity contribution is 5.57. The molecule has 1 aromatic heterocycles. The van der Waals surface area contributed by atoms with Crippen LogP contribution in [0.25, 0.3) is 0 Å². The number of rotatable bonds is 8. The van der Waals surface area contributed by atoms with Crippen LogP contribution in [0.3, 0.4) is 0 Å². The van der Waals surface area contributed by atoms with Crippen molar-refractivity contribution in [3.05, 3.63) is 32.6 Å². The van der Waals surface area contributed by atoms with E-state index in [1.807, 2.05) is 4.98 Å². The highest BCUT2D eigenvalue weighted by atomic mass is 16.7. The number of carbonyl (C=O) groups is 1. The normalized spacial score (nSPS) is 28.7. The summed E-state index contributed by atoms with van der Waals surface area (Å²) >= 11 is 0. The lowest BCUT2D eigenvalue weighted by atomic mass is 10.1. The summed E-state index contributed by atoms with van der Waals surface area (Å²) in [6.45, 7) is -0.127. The second-order valence-electron chi connectivity index (χ2n) is 6.22. The molecular formula is C15H22N2O10. The van der Waals surface area contributed by atoms with Crippen molar-refractivity contribution in [3.8, 4) is 0 Å². The number of aliphatic hydroxyl groups is 5. The van der Waals surface area contributed by atoms with Gasteiger partial charge in [-0.05, 0) is 6.92 Å². The zero-order valence-electron chi connectivity index (χ0n) is 14.4. The lowest BCUT2D eigenvalue weighted by molar-refractivity contribution is -0.313. The van der Waals surface area contributed by atoms with Gasteiger partial charge in [0, 0.05) is 11.8 Å². The standard InChI is InChI=1S/C15H22N2O10/c1-7-3-17(14(25)16-13(7)24)15(2-8(21)10(5-19)26-15)27-11(6-20)12(23)9(22)4-18/h3,6,8-12,18-19,21-23H,2,4-5H2,1H3,(H,16,24,25)/t8-,9-,10+,11+,12-,15-/m0/s1. The zero-order valence-corrected chi connectivity index (χ0v) is 14.4. The molecule has 0 bridgehead atoms. The summed E-state index contributed by atoms with van der Waals surface area (Å²) < 4.78 is 11.7. The van der Waals surface area contributed by atoms with E-state index in [2.05, 4.69) is 0 Å². The fourth-order valence-corrected chi connectivity index (χ4v) is 2.74. The van der Waals surface area contributed by atoms with Gasteiger partial charge < -0.3 is 39.8 Å². The Balaban J connectivity index is 2.53. The predicted molar refractivity (Wildman–Crippen MR) is 86.7 cm³/mol. The third kappa shape index (κ3) is 4.16. The minimum atomic E-state index is -2.17. The van der Waals surface area contributed by atoms with E-state index >= 15 is 0 Å². The van der Waals surface area contributed by atoms with Gasteiger partial charge in [0.15, 0.2) is 6.29 Å². The Morgan fingerprint density at radius 1 is 1.44 bits per heavy atom. The van der Waals surface area contributed by atoms with Gasteiger partial charge in [-0.3, -0.25) is 9.78 Å². The van der Waals surface area contributed by atoms with E-state index in [-0.39, 0.29) is 11.8 Å². The highest BCUT2D eigenvalue weighted by Gasteiger charge is 2.51. The number of hydrogen-bond donors (Lipinski definition) is 6. The second kappa shape index (κ2) is 8.39. The van der Waals surface area contributed by atoms with E-state index in [0.717, 1.165) is 10.8 Å². The lowest BCUT2D eigenvalue weighted by Crippen LogP contribution is -2.52. The average molecular weight is 390 g/mol. The third-order valence-electron chi connectivity index (χ3n) is 4.27. The van der Waals surface area contributed by atoms with Crippen LogP contribution in [0, 0.1) is 6.92 Å². The number of aldehydes is 1. The molecule has 1 aliphatic heterocycles. The van der Waals surface area contributed by atoms with Crippen LogP contribution in [0.15, 0.2) is 15.8 Å². The number of aliphatic hydroxyl groups excluding tert-OH is 5. The number of aromatic amines is 1. The van der Waals surface area contributed by atoms with Crippen LogP contribution in [-0.4, -0.2) is 85.1 Å². The van der Waals surface area contributed by atoms with E-state index in [0.29, 0.717) is 0 Å². The molecule has 0 amide bonds. The fraction of sp³-hybridized carbons (Fsp3) is 0.667. The second-order valence-corrected chi connectivity index (χ2v) is 6.22. The Bertz CT molecular complexity index is 777. The van der Waals surface area contributed by atoms with Crippen LogP contribution in [-0.2, 0) is 20.2 Å². The maximum absolute atomic E-state index is 12.3. The van der Waals surface area contributed by atoms with E-state index in [1.54, 1.807) is 0 Å². The van der Waals surface area contributed by atoms with E-state index < -0.39 is 67.3 Å². The third-order valence-corrected chi connectivity index (χ3v) is 4.27. The molecule has 6 N–H and O–H groups in total. The van der Waals surface area contributed by atoms with Gasteiger partial charge in [0.2, 0.25) is 0 Å². The van der Waals surface area contributed by atoms with Crippen molar-refractivity contribution >= 4 is 6.29 Å². The first-order valence-corrected chi connectivity index (χ1v) is 8.09. The predicted octanol–water partition coefficient (Wildman–Crippen LogP) is -4.10. The summed E-state index contributed by atoms with van der Waals surface area (Å²) in [5.74, 6) is -2.17. The van der Waals surface area contributed by atoms with Crippen LogP contribution in [0.1, 0.15) is 12.0 Å². The molecule has 0 aromatic carbocycles. The maximum atomic E-state index is 12.3. The number of carbonyl (C=O) groups excluding carboxylic acids is 1. The Morgan fingerprint density at radius 2 is 2.11 bits per heavy atom. The van der Waals surface area contributed by atoms with Gasteiger partial charge in [-0.2, -0.15) is 0 Å². The summed E-state index contributed by atoms with van der Waals surface area (Å²) in [7, 11) is 0. The molecule has 1 aromatic rings. The van der Waals surface area contributed by atoms with Crippen LogP contribution in [0.5, 0.6) is 0 Å². The number of aryl methyl sites for hydroxylation is 1. The molecule has 1 saturated heterocycles. The summed E-state index contributed by atoms with van der Waals surface area (Å²) in [6, 6.07) is 0. The molecule has 0 aliphatic carbocycles. The van der Waals surface area contributed by atoms with Gasteiger partial charge in [-0.25, -0.2) is 9.36 Å². The molecule has 152 valence electrons. The first-order valence-electron chi connectivity index (χ1n) is 8.09. The van der Waals surface area contributed by atoms with Gasteiger partial charge >= 0.3 is 5.69 Å². The quantitative estimate of drug-likeness (QED) is 0.238. The Hall–Kier alpha value is -1.93. The molecule has 2 rings (SSSR count). The number of aromatic nitrogens is 2. The SMILES string of the molecule is Cc1cn([C@@]2(O[C@H](C=O)[C@@H](O)[C@@H](O)CO)C[C@H](O)[C@@H](CO)O2)c(=O)[nH]c1=O. The van der Waals surface area contributed by atoms with Crippen molar-refractivity contribution < 1.29 is 39.8 Å². The number of nitrogens with one attached hydrogen (secondary N) is 1. The van der Waals surface area contributed by atoms with Gasteiger partial charge in [0.1, 0.15) is 24.4 Å². The summed E-state index contributed by atoms with van der Waals surface area (Å²) in [5.41, 5.74) is -1.58. The molecule has 1 fully saturated rings. The average Bonchev–Trinajstić information content (AvgIpc) is 2.97. The maximum Gasteiger partial charge on any atom is 0.332 e. The van der Waals surface area contributed by atoms with Crippen molar-refractivity contribution in [2.45, 2.75) is 49.8 Å². The minimum absolute atomic E-state index is 0.0849. The van der Waals surface area contributed by atoms with E-state index in [1.165, 1.54) is 6.92 Å². The molecule has 12 heteroatoms. The summed E-state index contributed by atoms with van der Waals surface area (Å²) in [5, 5.41) is 47.9. The van der Waals surface area contributed by atoms with Crippen molar-refractivity contribution in [2.24, 2.45) is 0 Å². The van der Waals surface area contributed by atoms with Crippen molar-refractivity contribution in [1.82, 2.24) is 9.55 Å². The van der Waals surface area contributed by atoms with Crippen molar-refractivity contribution in [3.63, 3.8) is 0 Å². The van der Waals surface area contributed by atoms with Crippen molar-refractivity contribution in [1.29, 1.82) is 0 Å². The molecule has 0 spiro atoms. The molecule has 6 atom stereocenters. The monoisotopic (exact) mass is 390 g/mol. The van der Waals surface area contributed by atoms with Crippen LogP contribution in [0.2, 0.25) is 0 Å². The first kappa shape index (κ1) is 21.4. The Morgan fingerprint density at radius 3 is 2.63 bits per heavy atom. The van der Waals surface area contributed by atoms with Crippen LogP contribution >= 0.6 is 0 Å². The topological polar surface area (TPSA) is 192 Å². The molecule has 0 radical (unpaired) electrons. The molecule has 27 heavy (non-hydrogen) atoms. The largest absolute Gasteiger partial charge is 0.394 e. The smallest absolute Gasteiger partial charge is 0.332 e. The lowest BCUT2D eigenvalue weighted by Gasteiger charge is -2.35. The van der Waals surface area contributed by atoms with Crippen molar-refractivity contribution in [2.75, 3.05) is 13.2 Å². The number of hydrogen-bond acceptors (Lipinski definition) is 10. The molecular weight excluding hydrogens is 368 g/mol.